The summed E-state index contributed by atoms with van der Waals surface area (Å²) >= 11 is 3.10. The first-order valence-electron chi connectivity index (χ1n) is 6.58. The molecule has 1 N–H and O–H groups in total. The molecule has 9 heteroatoms. The van der Waals surface area contributed by atoms with Crippen LogP contribution in [0, 0.1) is 0 Å². The monoisotopic (exact) mass is 370 g/mol. The summed E-state index contributed by atoms with van der Waals surface area (Å²) in [4.78, 5) is 29.2. The van der Waals surface area contributed by atoms with Gasteiger partial charge in [0.25, 0.3) is 5.91 Å². The Bertz CT molecular complexity index is 667. The summed E-state index contributed by atoms with van der Waals surface area (Å²) in [5.41, 5.74) is 0. The summed E-state index contributed by atoms with van der Waals surface area (Å²) < 4.78 is 10.6. The summed E-state index contributed by atoms with van der Waals surface area (Å²) in [6.07, 6.45) is 0.663. The molecule has 2 aromatic rings. The van der Waals surface area contributed by atoms with Gasteiger partial charge in [0.1, 0.15) is 0 Å². The standard InChI is InChI=1S/C13H15BrN4O4/c1-3-10-16-11(22-17-10)7-18(2)12(19)6-15-13(20)8-4-5-9(14)21-8/h4-5H,3,6-7H2,1-2H3,(H,15,20). The van der Waals surface area contributed by atoms with Crippen molar-refractivity contribution in [3.05, 3.63) is 34.3 Å². The molecule has 0 radical (unpaired) electrons. The van der Waals surface area contributed by atoms with Gasteiger partial charge in [-0.2, -0.15) is 4.98 Å². The minimum absolute atomic E-state index is 0.131. The molecular weight excluding hydrogens is 356 g/mol. The third kappa shape index (κ3) is 4.17. The molecular formula is C13H15BrN4O4. The van der Waals surface area contributed by atoms with Gasteiger partial charge in [0.15, 0.2) is 16.3 Å². The van der Waals surface area contributed by atoms with Crippen LogP contribution in [0.5, 0.6) is 0 Å². The number of nitrogens with one attached hydrogen (secondary N) is 1. The van der Waals surface area contributed by atoms with E-state index in [4.69, 9.17) is 8.94 Å². The number of halogens is 1. The van der Waals surface area contributed by atoms with E-state index >= 15 is 0 Å². The van der Waals surface area contributed by atoms with Crippen LogP contribution in [0.25, 0.3) is 0 Å². The Hall–Kier alpha value is -2.16. The number of hydrogen-bond donors (Lipinski definition) is 1. The number of likely N-dealkylation sites (N-methyl/N-ethyl adjacent to an activating group) is 1. The molecule has 22 heavy (non-hydrogen) atoms. The van der Waals surface area contributed by atoms with Crippen molar-refractivity contribution in [2.24, 2.45) is 0 Å². The largest absolute Gasteiger partial charge is 0.444 e. The molecule has 2 aromatic heterocycles. The molecule has 8 nitrogen and oxygen atoms in total. The normalized spacial score (nSPS) is 10.5. The van der Waals surface area contributed by atoms with Crippen molar-refractivity contribution in [1.82, 2.24) is 20.4 Å². The Balaban J connectivity index is 1.82. The van der Waals surface area contributed by atoms with E-state index in [0.717, 1.165) is 0 Å². The van der Waals surface area contributed by atoms with Crippen LogP contribution >= 0.6 is 15.9 Å². The molecule has 118 valence electrons. The minimum atomic E-state index is -0.460. The highest BCUT2D eigenvalue weighted by Crippen LogP contribution is 2.13. The van der Waals surface area contributed by atoms with Gasteiger partial charge in [-0.25, -0.2) is 0 Å². The molecule has 0 bridgehead atoms. The second-order valence-corrected chi connectivity index (χ2v) is 5.28. The van der Waals surface area contributed by atoms with Crippen LogP contribution in [0.15, 0.2) is 25.7 Å². The van der Waals surface area contributed by atoms with Crippen molar-refractivity contribution < 1.29 is 18.5 Å². The van der Waals surface area contributed by atoms with Gasteiger partial charge in [-0.05, 0) is 28.1 Å². The fourth-order valence-electron chi connectivity index (χ4n) is 1.60. The third-order valence-corrected chi connectivity index (χ3v) is 3.25. The number of nitrogens with zero attached hydrogens (tertiary/aromatic N) is 3. The van der Waals surface area contributed by atoms with E-state index in [1.165, 1.54) is 11.0 Å². The zero-order chi connectivity index (χ0) is 16.1. The van der Waals surface area contributed by atoms with Gasteiger partial charge < -0.3 is 19.2 Å². The maximum atomic E-state index is 11.9. The average molecular weight is 371 g/mol. The van der Waals surface area contributed by atoms with Gasteiger partial charge in [0.05, 0.1) is 13.1 Å². The van der Waals surface area contributed by atoms with Crippen molar-refractivity contribution in [1.29, 1.82) is 0 Å². The molecule has 0 unspecified atom stereocenters. The van der Waals surface area contributed by atoms with Crippen LogP contribution in [0.1, 0.15) is 29.2 Å². The minimum Gasteiger partial charge on any atom is -0.444 e. The average Bonchev–Trinajstić information content (AvgIpc) is 3.13. The van der Waals surface area contributed by atoms with Crippen LogP contribution in [-0.2, 0) is 17.8 Å². The van der Waals surface area contributed by atoms with Gasteiger partial charge in [-0.3, -0.25) is 9.59 Å². The summed E-state index contributed by atoms with van der Waals surface area (Å²) in [7, 11) is 1.59. The Labute approximate surface area is 135 Å². The highest BCUT2D eigenvalue weighted by molar-refractivity contribution is 9.10. The fourth-order valence-corrected chi connectivity index (χ4v) is 1.91. The van der Waals surface area contributed by atoms with E-state index < -0.39 is 5.91 Å². The van der Waals surface area contributed by atoms with E-state index in [9.17, 15) is 9.59 Å². The highest BCUT2D eigenvalue weighted by atomic mass is 79.9. The van der Waals surface area contributed by atoms with Crippen molar-refractivity contribution in [2.45, 2.75) is 19.9 Å². The summed E-state index contributed by atoms with van der Waals surface area (Å²) in [5, 5.41) is 6.24. The number of rotatable bonds is 6. The SMILES string of the molecule is CCc1noc(CN(C)C(=O)CNC(=O)c2ccc(Br)o2)n1. The van der Waals surface area contributed by atoms with Crippen molar-refractivity contribution in [3.63, 3.8) is 0 Å². The summed E-state index contributed by atoms with van der Waals surface area (Å²) in [6, 6.07) is 3.11. The van der Waals surface area contributed by atoms with Crippen molar-refractivity contribution in [2.75, 3.05) is 13.6 Å². The molecule has 0 aliphatic rings. The van der Waals surface area contributed by atoms with E-state index in [-0.39, 0.29) is 24.8 Å². The van der Waals surface area contributed by atoms with Gasteiger partial charge in [0.2, 0.25) is 11.8 Å². The molecule has 0 aromatic carbocycles. The predicted molar refractivity (Wildman–Crippen MR) is 78.9 cm³/mol. The quantitative estimate of drug-likeness (QED) is 0.823. The van der Waals surface area contributed by atoms with Gasteiger partial charge in [0, 0.05) is 13.5 Å². The molecule has 0 saturated heterocycles. The van der Waals surface area contributed by atoms with Crippen LogP contribution in [0.2, 0.25) is 0 Å². The van der Waals surface area contributed by atoms with Crippen LogP contribution in [0.3, 0.4) is 0 Å². The van der Waals surface area contributed by atoms with Crippen LogP contribution in [0.4, 0.5) is 0 Å². The molecule has 2 amide bonds. The topological polar surface area (TPSA) is 101 Å². The van der Waals surface area contributed by atoms with Crippen molar-refractivity contribution >= 4 is 27.7 Å². The predicted octanol–water partition coefficient (Wildman–Crippen LogP) is 1.38. The van der Waals surface area contributed by atoms with Gasteiger partial charge >= 0.3 is 0 Å². The van der Waals surface area contributed by atoms with E-state index in [0.29, 0.717) is 22.8 Å². The molecule has 0 fully saturated rings. The number of aryl methyl sites for hydroxylation is 1. The first-order valence-corrected chi connectivity index (χ1v) is 7.38. The molecule has 0 saturated carbocycles. The molecule has 0 spiro atoms. The smallest absolute Gasteiger partial charge is 0.287 e. The van der Waals surface area contributed by atoms with E-state index in [2.05, 4.69) is 31.4 Å². The first-order chi connectivity index (χ1) is 10.5. The number of hydrogen-bond acceptors (Lipinski definition) is 6. The lowest BCUT2D eigenvalue weighted by Crippen LogP contribution is -2.37. The molecule has 2 heterocycles. The van der Waals surface area contributed by atoms with E-state index in [1.54, 1.807) is 13.1 Å². The lowest BCUT2D eigenvalue weighted by molar-refractivity contribution is -0.129. The van der Waals surface area contributed by atoms with Crippen LogP contribution < -0.4 is 5.32 Å². The zero-order valence-corrected chi connectivity index (χ0v) is 13.7. The molecule has 0 aliphatic heterocycles. The van der Waals surface area contributed by atoms with Gasteiger partial charge in [-0.1, -0.05) is 12.1 Å². The maximum absolute atomic E-state index is 11.9. The Morgan fingerprint density at radius 3 is 2.77 bits per heavy atom. The molecule has 0 atom stereocenters. The number of furan rings is 1. The summed E-state index contributed by atoms with van der Waals surface area (Å²) in [6.45, 7) is 1.95. The number of amides is 2. The van der Waals surface area contributed by atoms with Gasteiger partial charge in [-0.15, -0.1) is 0 Å². The zero-order valence-electron chi connectivity index (χ0n) is 12.1. The Morgan fingerprint density at radius 2 is 2.18 bits per heavy atom. The van der Waals surface area contributed by atoms with Crippen molar-refractivity contribution in [3.8, 4) is 0 Å². The third-order valence-electron chi connectivity index (χ3n) is 2.82. The summed E-state index contributed by atoms with van der Waals surface area (Å²) in [5.74, 6) is 0.335. The van der Waals surface area contributed by atoms with E-state index in [1.807, 2.05) is 6.92 Å². The molecule has 2 rings (SSSR count). The number of carbonyl (C=O) groups is 2. The second kappa shape index (κ2) is 7.21. The lowest BCUT2D eigenvalue weighted by Gasteiger charge is -2.14. The Morgan fingerprint density at radius 1 is 1.41 bits per heavy atom. The molecule has 0 aliphatic carbocycles. The number of aromatic nitrogens is 2. The highest BCUT2D eigenvalue weighted by Gasteiger charge is 2.16. The van der Waals surface area contributed by atoms with Crippen LogP contribution in [-0.4, -0.2) is 40.4 Å². The number of carbonyl (C=O) groups excluding carboxylic acids is 2. The lowest BCUT2D eigenvalue weighted by atomic mass is 10.4. The second-order valence-electron chi connectivity index (χ2n) is 4.49. The fraction of sp³-hybridized carbons (Fsp3) is 0.385. The Kier molecular flexibility index (Phi) is 5.31. The first kappa shape index (κ1) is 16.2. The maximum Gasteiger partial charge on any atom is 0.287 e.